The molecule has 0 fully saturated rings. The zero-order chi connectivity index (χ0) is 14.3. The van der Waals surface area contributed by atoms with E-state index in [9.17, 15) is 9.59 Å². The molecule has 7 heteroatoms. The molecular weight excluding hydrogens is 284 g/mol. The first-order valence-electron chi connectivity index (χ1n) is 5.86. The van der Waals surface area contributed by atoms with Gasteiger partial charge >= 0.3 is 5.97 Å². The summed E-state index contributed by atoms with van der Waals surface area (Å²) < 4.78 is 5.17. The standard InChI is InChI=1S/C12H18N2O3S2/c1-12(2,3)17-10(16)4-6-18-8-9(15)14-11-13-5-7-19-11/h5,7H,4,6,8H2,1-3H3,(H,13,14,15). The lowest BCUT2D eigenvalue weighted by Gasteiger charge is -2.19. The number of nitrogens with zero attached hydrogens (tertiary/aromatic N) is 1. The highest BCUT2D eigenvalue weighted by Gasteiger charge is 2.15. The monoisotopic (exact) mass is 302 g/mol. The number of ether oxygens (including phenoxy) is 1. The third-order valence-corrected chi connectivity index (χ3v) is 3.43. The van der Waals surface area contributed by atoms with E-state index in [1.807, 2.05) is 20.8 Å². The van der Waals surface area contributed by atoms with Gasteiger partial charge in [-0.05, 0) is 20.8 Å². The minimum absolute atomic E-state index is 0.107. The number of thioether (sulfide) groups is 1. The molecular formula is C12H18N2O3S2. The van der Waals surface area contributed by atoms with E-state index in [1.165, 1.54) is 23.1 Å². The predicted molar refractivity (Wildman–Crippen MR) is 78.5 cm³/mol. The van der Waals surface area contributed by atoms with Crippen LogP contribution in [0.1, 0.15) is 27.2 Å². The number of esters is 1. The molecule has 0 radical (unpaired) electrons. The van der Waals surface area contributed by atoms with Gasteiger partial charge in [0.25, 0.3) is 0 Å². The Morgan fingerprint density at radius 2 is 2.21 bits per heavy atom. The number of aromatic nitrogens is 1. The first-order chi connectivity index (χ1) is 8.87. The number of carbonyl (C=O) groups is 2. The fraction of sp³-hybridized carbons (Fsp3) is 0.583. The number of anilines is 1. The summed E-state index contributed by atoms with van der Waals surface area (Å²) in [6.07, 6.45) is 1.95. The minimum Gasteiger partial charge on any atom is -0.460 e. The van der Waals surface area contributed by atoms with Crippen LogP contribution < -0.4 is 5.32 Å². The summed E-state index contributed by atoms with van der Waals surface area (Å²) in [5.74, 6) is 0.534. The Hall–Kier alpha value is -1.08. The maximum Gasteiger partial charge on any atom is 0.307 e. The van der Waals surface area contributed by atoms with Crippen molar-refractivity contribution in [3.05, 3.63) is 11.6 Å². The molecule has 1 aromatic heterocycles. The van der Waals surface area contributed by atoms with Crippen LogP contribution in [-0.2, 0) is 14.3 Å². The molecule has 1 heterocycles. The SMILES string of the molecule is CC(C)(C)OC(=O)CCSCC(=O)Nc1nccs1. The second-order valence-corrected chi connectivity index (χ2v) is 6.77. The minimum atomic E-state index is -0.454. The third-order valence-electron chi connectivity index (χ3n) is 1.78. The molecule has 1 rings (SSSR count). The van der Waals surface area contributed by atoms with E-state index >= 15 is 0 Å². The van der Waals surface area contributed by atoms with Crippen LogP contribution in [0.4, 0.5) is 5.13 Å². The molecule has 0 unspecified atom stereocenters. The van der Waals surface area contributed by atoms with E-state index in [0.717, 1.165) is 0 Å². The largest absolute Gasteiger partial charge is 0.460 e. The Morgan fingerprint density at radius 3 is 2.79 bits per heavy atom. The van der Waals surface area contributed by atoms with E-state index in [2.05, 4.69) is 10.3 Å². The Bertz CT molecular complexity index is 413. The molecule has 0 atom stereocenters. The lowest BCUT2D eigenvalue weighted by Crippen LogP contribution is -2.24. The van der Waals surface area contributed by atoms with Crippen LogP contribution in [0.15, 0.2) is 11.6 Å². The van der Waals surface area contributed by atoms with Crippen molar-refractivity contribution in [1.29, 1.82) is 0 Å². The van der Waals surface area contributed by atoms with Crippen molar-refractivity contribution in [1.82, 2.24) is 4.98 Å². The van der Waals surface area contributed by atoms with Crippen molar-refractivity contribution in [3.63, 3.8) is 0 Å². The molecule has 1 N–H and O–H groups in total. The van der Waals surface area contributed by atoms with Crippen molar-refractivity contribution in [2.45, 2.75) is 32.8 Å². The summed E-state index contributed by atoms with van der Waals surface area (Å²) in [5.41, 5.74) is -0.454. The molecule has 0 saturated heterocycles. The Balaban J connectivity index is 2.10. The average molecular weight is 302 g/mol. The van der Waals surface area contributed by atoms with Gasteiger partial charge in [-0.2, -0.15) is 11.8 Å². The molecule has 5 nitrogen and oxygen atoms in total. The summed E-state index contributed by atoms with van der Waals surface area (Å²) >= 11 is 2.78. The second kappa shape index (κ2) is 7.49. The summed E-state index contributed by atoms with van der Waals surface area (Å²) in [7, 11) is 0. The second-order valence-electron chi connectivity index (χ2n) is 4.77. The number of hydrogen-bond donors (Lipinski definition) is 1. The van der Waals surface area contributed by atoms with Crippen LogP contribution in [0.5, 0.6) is 0 Å². The van der Waals surface area contributed by atoms with Crippen LogP contribution in [0.3, 0.4) is 0 Å². The zero-order valence-electron chi connectivity index (χ0n) is 11.3. The van der Waals surface area contributed by atoms with Crippen LogP contribution in [0.25, 0.3) is 0 Å². The van der Waals surface area contributed by atoms with E-state index in [1.54, 1.807) is 11.6 Å². The van der Waals surface area contributed by atoms with Crippen LogP contribution in [-0.4, -0.2) is 34.0 Å². The van der Waals surface area contributed by atoms with Gasteiger partial charge in [-0.15, -0.1) is 11.3 Å². The number of thiazole rings is 1. The van der Waals surface area contributed by atoms with Crippen LogP contribution in [0.2, 0.25) is 0 Å². The molecule has 0 saturated carbocycles. The summed E-state index contributed by atoms with van der Waals surface area (Å²) in [4.78, 5) is 26.9. The molecule has 0 aliphatic rings. The van der Waals surface area contributed by atoms with Crippen LogP contribution in [0, 0.1) is 0 Å². The number of nitrogens with one attached hydrogen (secondary N) is 1. The lowest BCUT2D eigenvalue weighted by molar-refractivity contribution is -0.154. The number of carbonyl (C=O) groups excluding carboxylic acids is 2. The molecule has 0 aromatic carbocycles. The number of hydrogen-bond acceptors (Lipinski definition) is 6. The molecule has 1 amide bonds. The van der Waals surface area contributed by atoms with Gasteiger partial charge in [0.2, 0.25) is 5.91 Å². The molecule has 0 spiro atoms. The lowest BCUT2D eigenvalue weighted by atomic mass is 10.2. The average Bonchev–Trinajstić information content (AvgIpc) is 2.74. The molecule has 106 valence electrons. The number of rotatable bonds is 6. The van der Waals surface area contributed by atoms with Gasteiger partial charge < -0.3 is 10.1 Å². The molecule has 19 heavy (non-hydrogen) atoms. The maximum absolute atomic E-state index is 11.5. The van der Waals surface area contributed by atoms with E-state index in [0.29, 0.717) is 23.1 Å². The van der Waals surface area contributed by atoms with Gasteiger partial charge in [0.15, 0.2) is 5.13 Å². The molecule has 0 aliphatic carbocycles. The van der Waals surface area contributed by atoms with Crippen molar-refractivity contribution < 1.29 is 14.3 Å². The van der Waals surface area contributed by atoms with Gasteiger partial charge in [-0.1, -0.05) is 0 Å². The highest BCUT2D eigenvalue weighted by atomic mass is 32.2. The first kappa shape index (κ1) is 16.0. The molecule has 1 aromatic rings. The Labute approximate surface area is 121 Å². The molecule has 0 bridgehead atoms. The number of amides is 1. The fourth-order valence-electron chi connectivity index (χ4n) is 1.15. The van der Waals surface area contributed by atoms with Gasteiger partial charge in [0.05, 0.1) is 12.2 Å². The quantitative estimate of drug-likeness (QED) is 0.646. The summed E-state index contributed by atoms with van der Waals surface area (Å²) in [6.45, 7) is 5.50. The first-order valence-corrected chi connectivity index (χ1v) is 7.89. The van der Waals surface area contributed by atoms with Crippen molar-refractivity contribution in [3.8, 4) is 0 Å². The normalized spacial score (nSPS) is 11.1. The van der Waals surface area contributed by atoms with Crippen molar-refractivity contribution >= 4 is 40.1 Å². The Morgan fingerprint density at radius 1 is 1.47 bits per heavy atom. The van der Waals surface area contributed by atoms with Crippen molar-refractivity contribution in [2.24, 2.45) is 0 Å². The maximum atomic E-state index is 11.5. The van der Waals surface area contributed by atoms with E-state index < -0.39 is 5.60 Å². The third kappa shape index (κ3) is 7.84. The molecule has 0 aliphatic heterocycles. The Kier molecular flexibility index (Phi) is 6.30. The van der Waals surface area contributed by atoms with Crippen molar-refractivity contribution in [2.75, 3.05) is 16.8 Å². The summed E-state index contributed by atoms with van der Waals surface area (Å²) in [6, 6.07) is 0. The highest BCUT2D eigenvalue weighted by Crippen LogP contribution is 2.13. The topological polar surface area (TPSA) is 68.3 Å². The van der Waals surface area contributed by atoms with E-state index in [-0.39, 0.29) is 11.9 Å². The summed E-state index contributed by atoms with van der Waals surface area (Å²) in [5, 5.41) is 5.07. The smallest absolute Gasteiger partial charge is 0.307 e. The fourth-order valence-corrected chi connectivity index (χ4v) is 2.41. The van der Waals surface area contributed by atoms with Gasteiger partial charge in [0.1, 0.15) is 5.60 Å². The van der Waals surface area contributed by atoms with Gasteiger partial charge in [0, 0.05) is 17.3 Å². The predicted octanol–water partition coefficient (Wildman–Crippen LogP) is 2.55. The highest BCUT2D eigenvalue weighted by molar-refractivity contribution is 7.99. The van der Waals surface area contributed by atoms with Gasteiger partial charge in [-0.3, -0.25) is 9.59 Å². The zero-order valence-corrected chi connectivity index (χ0v) is 12.9. The van der Waals surface area contributed by atoms with Gasteiger partial charge in [-0.25, -0.2) is 4.98 Å². The van der Waals surface area contributed by atoms with E-state index in [4.69, 9.17) is 4.74 Å². The van der Waals surface area contributed by atoms with Crippen LogP contribution >= 0.6 is 23.1 Å².